The molecule has 0 radical (unpaired) electrons. The Balaban J connectivity index is 1.93. The molecular formula is C15H22N2O. The Hall–Kier alpha value is -1.35. The summed E-state index contributed by atoms with van der Waals surface area (Å²) in [5, 5.41) is 3.16. The minimum absolute atomic E-state index is 0.0568. The van der Waals surface area contributed by atoms with Gasteiger partial charge in [-0.15, -0.1) is 0 Å². The molecule has 1 aromatic rings. The van der Waals surface area contributed by atoms with Crippen LogP contribution in [0.4, 0.5) is 0 Å². The van der Waals surface area contributed by atoms with Crippen molar-refractivity contribution in [1.29, 1.82) is 0 Å². The van der Waals surface area contributed by atoms with E-state index in [1.807, 2.05) is 13.0 Å². The molecule has 0 spiro atoms. The molecule has 0 bridgehead atoms. The molecule has 98 valence electrons. The highest BCUT2D eigenvalue weighted by atomic mass is 16.1. The topological polar surface area (TPSA) is 55.1 Å². The summed E-state index contributed by atoms with van der Waals surface area (Å²) in [4.78, 5) is 12.1. The number of nitrogens with two attached hydrogens (primary N) is 1. The molecule has 2 unspecified atom stereocenters. The van der Waals surface area contributed by atoms with Crippen LogP contribution < -0.4 is 11.1 Å². The molecule has 3 heteroatoms. The molecule has 3 N–H and O–H groups in total. The number of aryl methyl sites for hydroxylation is 1. The summed E-state index contributed by atoms with van der Waals surface area (Å²) >= 11 is 0. The number of hydrogen-bond acceptors (Lipinski definition) is 2. The van der Waals surface area contributed by atoms with E-state index in [4.69, 9.17) is 5.73 Å². The van der Waals surface area contributed by atoms with Gasteiger partial charge in [0.25, 0.3) is 0 Å². The first kappa shape index (κ1) is 13.1. The first-order chi connectivity index (χ1) is 8.72. The van der Waals surface area contributed by atoms with Gasteiger partial charge >= 0.3 is 0 Å². The van der Waals surface area contributed by atoms with Crippen molar-refractivity contribution >= 4 is 5.91 Å². The van der Waals surface area contributed by atoms with Crippen molar-refractivity contribution in [3.8, 4) is 0 Å². The first-order valence-corrected chi connectivity index (χ1v) is 6.80. The van der Waals surface area contributed by atoms with Crippen LogP contribution in [0.3, 0.4) is 0 Å². The van der Waals surface area contributed by atoms with Crippen LogP contribution in [0.25, 0.3) is 0 Å². The van der Waals surface area contributed by atoms with Gasteiger partial charge in [0.15, 0.2) is 0 Å². The average Bonchev–Trinajstić information content (AvgIpc) is 2.79. The standard InChI is InChI=1S/C15H22N2O/c1-11(5-4-10-16)15(18)17-14-9-8-12-6-2-3-7-13(12)14/h2-3,6-7,11,14H,4-5,8-10,16H2,1H3,(H,17,18). The van der Waals surface area contributed by atoms with E-state index in [1.54, 1.807) is 0 Å². The van der Waals surface area contributed by atoms with Gasteiger partial charge in [0.05, 0.1) is 6.04 Å². The van der Waals surface area contributed by atoms with E-state index in [1.165, 1.54) is 11.1 Å². The molecule has 0 aliphatic heterocycles. The summed E-state index contributed by atoms with van der Waals surface area (Å²) < 4.78 is 0. The molecule has 2 atom stereocenters. The van der Waals surface area contributed by atoms with Crippen LogP contribution in [-0.2, 0) is 11.2 Å². The van der Waals surface area contributed by atoms with Crippen molar-refractivity contribution in [2.75, 3.05) is 6.54 Å². The van der Waals surface area contributed by atoms with Crippen LogP contribution in [-0.4, -0.2) is 12.5 Å². The first-order valence-electron chi connectivity index (χ1n) is 6.80. The largest absolute Gasteiger partial charge is 0.349 e. The van der Waals surface area contributed by atoms with Crippen LogP contribution in [0.5, 0.6) is 0 Å². The van der Waals surface area contributed by atoms with Gasteiger partial charge in [0.2, 0.25) is 5.91 Å². The van der Waals surface area contributed by atoms with Crippen LogP contribution >= 0.6 is 0 Å². The fraction of sp³-hybridized carbons (Fsp3) is 0.533. The van der Waals surface area contributed by atoms with Gasteiger partial charge in [-0.05, 0) is 43.4 Å². The Labute approximate surface area is 109 Å². The van der Waals surface area contributed by atoms with Gasteiger partial charge in [-0.2, -0.15) is 0 Å². The van der Waals surface area contributed by atoms with Crippen LogP contribution in [0.15, 0.2) is 24.3 Å². The number of fused-ring (bicyclic) bond motifs is 1. The second kappa shape index (κ2) is 6.01. The molecule has 0 aromatic heterocycles. The van der Waals surface area contributed by atoms with Gasteiger partial charge in [0, 0.05) is 5.92 Å². The van der Waals surface area contributed by atoms with Crippen molar-refractivity contribution < 1.29 is 4.79 Å². The van der Waals surface area contributed by atoms with Gasteiger partial charge < -0.3 is 11.1 Å². The molecule has 1 amide bonds. The Morgan fingerprint density at radius 2 is 2.28 bits per heavy atom. The molecule has 0 saturated carbocycles. The summed E-state index contributed by atoms with van der Waals surface area (Å²) in [7, 11) is 0. The second-order valence-corrected chi connectivity index (χ2v) is 5.13. The van der Waals surface area contributed by atoms with E-state index in [9.17, 15) is 4.79 Å². The van der Waals surface area contributed by atoms with Gasteiger partial charge in [-0.25, -0.2) is 0 Å². The number of carbonyl (C=O) groups excluding carboxylic acids is 1. The lowest BCUT2D eigenvalue weighted by Gasteiger charge is -2.17. The fourth-order valence-electron chi connectivity index (χ4n) is 2.58. The zero-order valence-corrected chi connectivity index (χ0v) is 11.0. The van der Waals surface area contributed by atoms with E-state index in [0.717, 1.165) is 25.7 Å². The summed E-state index contributed by atoms with van der Waals surface area (Å²) in [6, 6.07) is 8.58. The maximum absolute atomic E-state index is 12.1. The van der Waals surface area contributed by atoms with Gasteiger partial charge in [0.1, 0.15) is 0 Å². The normalized spacial score (nSPS) is 19.3. The number of rotatable bonds is 5. The quantitative estimate of drug-likeness (QED) is 0.836. The number of carbonyl (C=O) groups is 1. The highest BCUT2D eigenvalue weighted by Gasteiger charge is 2.24. The lowest BCUT2D eigenvalue weighted by atomic mass is 10.0. The van der Waals surface area contributed by atoms with E-state index in [-0.39, 0.29) is 17.9 Å². The minimum atomic E-state index is 0.0568. The summed E-state index contributed by atoms with van der Waals surface area (Å²) in [5.74, 6) is 0.214. The fourth-order valence-corrected chi connectivity index (χ4v) is 2.58. The summed E-state index contributed by atoms with van der Waals surface area (Å²) in [6.07, 6.45) is 3.87. The van der Waals surface area contributed by atoms with Crippen molar-refractivity contribution in [1.82, 2.24) is 5.32 Å². The zero-order valence-electron chi connectivity index (χ0n) is 11.0. The highest BCUT2D eigenvalue weighted by Crippen LogP contribution is 2.30. The second-order valence-electron chi connectivity index (χ2n) is 5.13. The van der Waals surface area contributed by atoms with E-state index >= 15 is 0 Å². The highest BCUT2D eigenvalue weighted by molar-refractivity contribution is 5.78. The minimum Gasteiger partial charge on any atom is -0.349 e. The molecular weight excluding hydrogens is 224 g/mol. The van der Waals surface area contributed by atoms with E-state index in [0.29, 0.717) is 6.54 Å². The number of amides is 1. The monoisotopic (exact) mass is 246 g/mol. The van der Waals surface area contributed by atoms with Crippen molar-refractivity contribution in [2.45, 2.75) is 38.6 Å². The van der Waals surface area contributed by atoms with Crippen LogP contribution in [0.2, 0.25) is 0 Å². The summed E-state index contributed by atoms with van der Waals surface area (Å²) in [5.41, 5.74) is 8.13. The predicted molar refractivity (Wildman–Crippen MR) is 73.1 cm³/mol. The SMILES string of the molecule is CC(CCCN)C(=O)NC1CCc2ccccc21. The molecule has 0 fully saturated rings. The van der Waals surface area contributed by atoms with Crippen LogP contribution in [0.1, 0.15) is 43.4 Å². The third-order valence-electron chi connectivity index (χ3n) is 3.74. The molecule has 1 aliphatic rings. The lowest BCUT2D eigenvalue weighted by molar-refractivity contribution is -0.125. The smallest absolute Gasteiger partial charge is 0.223 e. The van der Waals surface area contributed by atoms with Crippen molar-refractivity contribution in [2.24, 2.45) is 11.7 Å². The maximum Gasteiger partial charge on any atom is 0.223 e. The van der Waals surface area contributed by atoms with Gasteiger partial charge in [-0.1, -0.05) is 31.2 Å². The lowest BCUT2D eigenvalue weighted by Crippen LogP contribution is -2.32. The third kappa shape index (κ3) is 2.91. The van der Waals surface area contributed by atoms with Gasteiger partial charge in [-0.3, -0.25) is 4.79 Å². The number of benzene rings is 1. The molecule has 2 rings (SSSR count). The molecule has 18 heavy (non-hydrogen) atoms. The predicted octanol–water partition coefficient (Wildman–Crippen LogP) is 2.17. The third-order valence-corrected chi connectivity index (χ3v) is 3.74. The average molecular weight is 246 g/mol. The zero-order chi connectivity index (χ0) is 13.0. The molecule has 3 nitrogen and oxygen atoms in total. The maximum atomic E-state index is 12.1. The van der Waals surface area contributed by atoms with Crippen LogP contribution in [0, 0.1) is 5.92 Å². The van der Waals surface area contributed by atoms with E-state index in [2.05, 4.69) is 23.5 Å². The number of hydrogen-bond donors (Lipinski definition) is 2. The molecule has 1 aliphatic carbocycles. The molecule has 0 heterocycles. The Morgan fingerprint density at radius 1 is 1.50 bits per heavy atom. The Kier molecular flexibility index (Phi) is 4.37. The van der Waals surface area contributed by atoms with E-state index < -0.39 is 0 Å². The number of nitrogens with one attached hydrogen (secondary N) is 1. The van der Waals surface area contributed by atoms with Crippen molar-refractivity contribution in [3.63, 3.8) is 0 Å². The Bertz CT molecular complexity index is 417. The molecule has 1 aromatic carbocycles. The van der Waals surface area contributed by atoms with Crippen molar-refractivity contribution in [3.05, 3.63) is 35.4 Å². The Morgan fingerprint density at radius 3 is 3.06 bits per heavy atom. The summed E-state index contributed by atoms with van der Waals surface area (Å²) in [6.45, 7) is 2.63. The molecule has 0 saturated heterocycles.